The number of aromatic nitrogens is 2. The molecule has 22 heavy (non-hydrogen) atoms. The Labute approximate surface area is 128 Å². The van der Waals surface area contributed by atoms with Crippen LogP contribution in [0, 0.1) is 5.82 Å². The molecule has 1 N–H and O–H groups in total. The average Bonchev–Trinajstić information content (AvgIpc) is 3.18. The first-order valence-electron chi connectivity index (χ1n) is 6.88. The lowest BCUT2D eigenvalue weighted by atomic mass is 10.2. The minimum absolute atomic E-state index is 0.0178. The number of hydrogen-bond donors (Lipinski definition) is 1. The molecule has 118 valence electrons. The minimum atomic E-state index is -3.74. The van der Waals surface area contributed by atoms with Gasteiger partial charge in [0.05, 0.1) is 18.0 Å². The molecule has 2 aromatic rings. The van der Waals surface area contributed by atoms with E-state index >= 15 is 0 Å². The van der Waals surface area contributed by atoms with Crippen molar-refractivity contribution in [3.8, 4) is 5.75 Å². The van der Waals surface area contributed by atoms with Crippen LogP contribution in [0.1, 0.15) is 24.7 Å². The number of methoxy groups -OCH3 is 1. The highest BCUT2D eigenvalue weighted by Crippen LogP contribution is 2.35. The van der Waals surface area contributed by atoms with E-state index in [0.29, 0.717) is 18.8 Å². The van der Waals surface area contributed by atoms with Crippen molar-refractivity contribution in [2.75, 3.05) is 13.7 Å². The maximum atomic E-state index is 13.5. The summed E-state index contributed by atoms with van der Waals surface area (Å²) in [6.07, 6.45) is 4.72. The summed E-state index contributed by atoms with van der Waals surface area (Å²) in [6.45, 7) is 0.410. The van der Waals surface area contributed by atoms with Crippen LogP contribution in [0.25, 0.3) is 0 Å². The monoisotopic (exact) mass is 325 g/mol. The third-order valence-electron chi connectivity index (χ3n) is 3.77. The summed E-state index contributed by atoms with van der Waals surface area (Å²) in [7, 11) is -2.43. The molecule has 0 saturated carbocycles. The van der Waals surface area contributed by atoms with E-state index in [4.69, 9.17) is 4.74 Å². The molecule has 0 aliphatic carbocycles. The molecule has 1 aromatic heterocycles. The molecule has 1 saturated heterocycles. The van der Waals surface area contributed by atoms with Crippen LogP contribution in [0.3, 0.4) is 0 Å². The van der Waals surface area contributed by atoms with E-state index in [-0.39, 0.29) is 16.7 Å². The number of ether oxygens (including phenoxy) is 1. The SMILES string of the molecule is COc1cc(S(=O)(=O)N2CCCC2c2ncc[nH]2)ccc1F. The van der Waals surface area contributed by atoms with Gasteiger partial charge in [-0.3, -0.25) is 0 Å². The molecule has 1 atom stereocenters. The zero-order valence-electron chi connectivity index (χ0n) is 12.0. The molecule has 6 nitrogen and oxygen atoms in total. The number of aromatic amines is 1. The van der Waals surface area contributed by atoms with Crippen molar-refractivity contribution in [2.45, 2.75) is 23.8 Å². The highest BCUT2D eigenvalue weighted by molar-refractivity contribution is 7.89. The van der Waals surface area contributed by atoms with Gasteiger partial charge in [0.25, 0.3) is 0 Å². The van der Waals surface area contributed by atoms with Crippen LogP contribution in [-0.4, -0.2) is 36.3 Å². The van der Waals surface area contributed by atoms with E-state index in [0.717, 1.165) is 12.5 Å². The van der Waals surface area contributed by atoms with E-state index in [2.05, 4.69) is 9.97 Å². The number of H-pyrrole nitrogens is 1. The number of imidazole rings is 1. The quantitative estimate of drug-likeness (QED) is 0.934. The van der Waals surface area contributed by atoms with Crippen LogP contribution in [0.4, 0.5) is 4.39 Å². The molecule has 1 fully saturated rings. The van der Waals surface area contributed by atoms with E-state index in [1.807, 2.05) is 0 Å². The fourth-order valence-corrected chi connectivity index (χ4v) is 4.37. The Morgan fingerprint density at radius 3 is 2.95 bits per heavy atom. The van der Waals surface area contributed by atoms with Gasteiger partial charge in [-0.05, 0) is 25.0 Å². The van der Waals surface area contributed by atoms with Crippen molar-refractivity contribution in [1.82, 2.24) is 14.3 Å². The molecular weight excluding hydrogens is 309 g/mol. The van der Waals surface area contributed by atoms with Gasteiger partial charge in [0.15, 0.2) is 11.6 Å². The molecule has 3 rings (SSSR count). The molecule has 1 aliphatic rings. The number of hydrogen-bond acceptors (Lipinski definition) is 4. The van der Waals surface area contributed by atoms with Crippen LogP contribution in [-0.2, 0) is 10.0 Å². The highest BCUT2D eigenvalue weighted by atomic mass is 32.2. The fraction of sp³-hybridized carbons (Fsp3) is 0.357. The summed E-state index contributed by atoms with van der Waals surface area (Å²) in [5.41, 5.74) is 0. The second kappa shape index (κ2) is 5.69. The van der Waals surface area contributed by atoms with Gasteiger partial charge >= 0.3 is 0 Å². The van der Waals surface area contributed by atoms with Crippen molar-refractivity contribution >= 4 is 10.0 Å². The van der Waals surface area contributed by atoms with Gasteiger partial charge in [0, 0.05) is 25.0 Å². The van der Waals surface area contributed by atoms with Gasteiger partial charge in [0.2, 0.25) is 10.0 Å². The second-order valence-electron chi connectivity index (χ2n) is 5.04. The summed E-state index contributed by atoms with van der Waals surface area (Å²) in [4.78, 5) is 7.14. The Balaban J connectivity index is 1.98. The number of nitrogens with one attached hydrogen (secondary N) is 1. The number of benzene rings is 1. The molecular formula is C14H16FN3O3S. The van der Waals surface area contributed by atoms with Crippen LogP contribution >= 0.6 is 0 Å². The zero-order chi connectivity index (χ0) is 15.7. The van der Waals surface area contributed by atoms with E-state index < -0.39 is 15.8 Å². The fourth-order valence-electron chi connectivity index (χ4n) is 2.70. The maximum Gasteiger partial charge on any atom is 0.243 e. The Morgan fingerprint density at radius 1 is 1.45 bits per heavy atom. The number of rotatable bonds is 4. The third kappa shape index (κ3) is 2.48. The summed E-state index contributed by atoms with van der Waals surface area (Å²) in [5, 5.41) is 0. The normalized spacial score (nSPS) is 19.5. The van der Waals surface area contributed by atoms with E-state index in [1.165, 1.54) is 23.5 Å². The summed E-state index contributed by atoms with van der Waals surface area (Å²) in [6, 6.07) is 3.24. The van der Waals surface area contributed by atoms with Crippen molar-refractivity contribution in [2.24, 2.45) is 0 Å². The van der Waals surface area contributed by atoms with E-state index in [9.17, 15) is 12.8 Å². The molecule has 1 unspecified atom stereocenters. The first kappa shape index (κ1) is 15.0. The van der Waals surface area contributed by atoms with Crippen molar-refractivity contribution in [3.63, 3.8) is 0 Å². The van der Waals surface area contributed by atoms with Crippen LogP contribution in [0.2, 0.25) is 0 Å². The first-order valence-corrected chi connectivity index (χ1v) is 8.32. The zero-order valence-corrected chi connectivity index (χ0v) is 12.8. The number of halogens is 1. The average molecular weight is 325 g/mol. The standard InChI is InChI=1S/C14H16FN3O3S/c1-21-13-9-10(4-5-11(13)15)22(19,20)18-8-2-3-12(18)14-16-6-7-17-14/h4-7,9,12H,2-3,8H2,1H3,(H,16,17). The van der Waals surface area contributed by atoms with Crippen molar-refractivity contribution < 1.29 is 17.5 Å². The van der Waals surface area contributed by atoms with Crippen molar-refractivity contribution in [3.05, 3.63) is 42.2 Å². The summed E-state index contributed by atoms with van der Waals surface area (Å²) >= 11 is 0. The van der Waals surface area contributed by atoms with Gasteiger partial charge in [-0.25, -0.2) is 17.8 Å². The Hall–Kier alpha value is -1.93. The van der Waals surface area contributed by atoms with E-state index in [1.54, 1.807) is 12.4 Å². The minimum Gasteiger partial charge on any atom is -0.494 e. The van der Waals surface area contributed by atoms with Gasteiger partial charge in [-0.1, -0.05) is 0 Å². The topological polar surface area (TPSA) is 75.3 Å². The second-order valence-corrected chi connectivity index (χ2v) is 6.94. The molecule has 1 aliphatic heterocycles. The molecule has 0 radical (unpaired) electrons. The Kier molecular flexibility index (Phi) is 3.88. The first-order chi connectivity index (χ1) is 10.5. The van der Waals surface area contributed by atoms with Gasteiger partial charge in [-0.15, -0.1) is 0 Å². The Bertz CT molecular complexity index is 762. The summed E-state index contributed by atoms with van der Waals surface area (Å²) < 4.78 is 45.4. The smallest absolute Gasteiger partial charge is 0.243 e. The van der Waals surface area contributed by atoms with Gasteiger partial charge in [0.1, 0.15) is 5.82 Å². The Morgan fingerprint density at radius 2 is 2.27 bits per heavy atom. The predicted molar refractivity (Wildman–Crippen MR) is 77.4 cm³/mol. The van der Waals surface area contributed by atoms with Crippen LogP contribution < -0.4 is 4.74 Å². The van der Waals surface area contributed by atoms with Gasteiger partial charge in [-0.2, -0.15) is 4.31 Å². The van der Waals surface area contributed by atoms with Crippen LogP contribution in [0.15, 0.2) is 35.5 Å². The molecule has 8 heteroatoms. The summed E-state index contributed by atoms with van der Waals surface area (Å²) in [5.74, 6) is -0.0598. The lowest BCUT2D eigenvalue weighted by Crippen LogP contribution is -2.31. The maximum absolute atomic E-state index is 13.5. The molecule has 2 heterocycles. The molecule has 0 bridgehead atoms. The largest absolute Gasteiger partial charge is 0.494 e. The highest BCUT2D eigenvalue weighted by Gasteiger charge is 2.37. The molecule has 0 spiro atoms. The number of sulfonamides is 1. The number of nitrogens with zero attached hydrogens (tertiary/aromatic N) is 2. The molecule has 0 amide bonds. The lowest BCUT2D eigenvalue weighted by Gasteiger charge is -2.22. The van der Waals surface area contributed by atoms with Gasteiger partial charge < -0.3 is 9.72 Å². The third-order valence-corrected chi connectivity index (χ3v) is 5.67. The van der Waals surface area contributed by atoms with Crippen LogP contribution in [0.5, 0.6) is 5.75 Å². The molecule has 1 aromatic carbocycles. The predicted octanol–water partition coefficient (Wildman–Crippen LogP) is 2.08. The lowest BCUT2D eigenvalue weighted by molar-refractivity contribution is 0.378. The van der Waals surface area contributed by atoms with Crippen molar-refractivity contribution in [1.29, 1.82) is 0 Å².